The molecule has 2 atom stereocenters. The van der Waals surface area contributed by atoms with Gasteiger partial charge in [0.05, 0.1) is 17.8 Å². The zero-order valence-electron chi connectivity index (χ0n) is 14.1. The van der Waals surface area contributed by atoms with Crippen LogP contribution in [0, 0.1) is 0 Å². The predicted octanol–water partition coefficient (Wildman–Crippen LogP) is 1.41. The molecule has 0 saturated carbocycles. The maximum Gasteiger partial charge on any atom is 0.394 e. The molecule has 0 aliphatic carbocycles. The van der Waals surface area contributed by atoms with Gasteiger partial charge < -0.3 is 15.1 Å². The molecule has 2 aliphatic rings. The van der Waals surface area contributed by atoms with Crippen molar-refractivity contribution in [1.29, 1.82) is 0 Å². The van der Waals surface area contributed by atoms with E-state index in [9.17, 15) is 19.5 Å². The highest BCUT2D eigenvalue weighted by atomic mass is 16.4. The van der Waals surface area contributed by atoms with Crippen LogP contribution in [0.2, 0.25) is 0 Å². The third-order valence-electron chi connectivity index (χ3n) is 5.51. The Kier molecular flexibility index (Phi) is 3.04. The molecule has 136 valence electrons. The van der Waals surface area contributed by atoms with Gasteiger partial charge in [-0.05, 0) is 17.9 Å². The van der Waals surface area contributed by atoms with Crippen LogP contribution in [0.3, 0.4) is 0 Å². The zero-order valence-corrected chi connectivity index (χ0v) is 14.1. The highest BCUT2D eigenvalue weighted by molar-refractivity contribution is 6.31. The van der Waals surface area contributed by atoms with E-state index in [1.165, 1.54) is 14.0 Å². The van der Waals surface area contributed by atoms with Crippen LogP contribution in [0.1, 0.15) is 24.2 Å². The molecule has 0 spiro atoms. The number of carboxylic acids is 1. The van der Waals surface area contributed by atoms with Crippen LogP contribution in [0.15, 0.2) is 47.3 Å². The molecular weight excluding hydrogens is 350 g/mol. The number of aliphatic carboxylic acids is 1. The molecule has 3 heterocycles. The molecule has 1 aromatic heterocycles. The average Bonchev–Trinajstić information content (AvgIpc) is 3.32. The summed E-state index contributed by atoms with van der Waals surface area (Å²) in [6.45, 7) is 0.154. The van der Waals surface area contributed by atoms with Crippen molar-refractivity contribution in [2.24, 2.45) is 0 Å². The van der Waals surface area contributed by atoms with Gasteiger partial charge in [-0.3, -0.25) is 9.36 Å². The average molecular weight is 365 g/mol. The van der Waals surface area contributed by atoms with Crippen molar-refractivity contribution >= 4 is 22.6 Å². The summed E-state index contributed by atoms with van der Waals surface area (Å²) >= 11 is 0. The van der Waals surface area contributed by atoms with E-state index in [4.69, 9.17) is 5.11 Å². The van der Waals surface area contributed by atoms with E-state index in [2.05, 4.69) is 0 Å². The molecule has 1 saturated heterocycles. The lowest BCUT2D eigenvalue weighted by Gasteiger charge is -2.25. The van der Waals surface area contributed by atoms with E-state index in [1.807, 2.05) is 30.3 Å². The summed E-state index contributed by atoms with van der Waals surface area (Å²) in [6.07, 6.45) is 0.438. The number of benzene rings is 2. The number of fused-ring (bicyclic) bond motifs is 6. The van der Waals surface area contributed by atoms with Crippen molar-refractivity contribution in [2.75, 3.05) is 6.54 Å². The number of rotatable bonds is 1. The van der Waals surface area contributed by atoms with E-state index in [0.717, 1.165) is 10.8 Å². The second kappa shape index (κ2) is 5.23. The number of aromatic nitrogens is 2. The second-order valence-electron chi connectivity index (χ2n) is 6.86. The standard InChI is InChI=1S/C19H15N3O5/c23-16-15-14-8-11(9-20(14)17(24)18(25)26)21(15)19(27)22(16)13-7-3-5-10-4-1-2-6-12(10)13/h1-7,11,14,23H,8-9H2,(H,25,26)/t11-,14-/m0/s1. The molecule has 2 aliphatic heterocycles. The van der Waals surface area contributed by atoms with Crippen LogP contribution in [-0.2, 0) is 9.59 Å². The molecule has 0 radical (unpaired) electrons. The van der Waals surface area contributed by atoms with Gasteiger partial charge in [0, 0.05) is 11.9 Å². The predicted molar refractivity (Wildman–Crippen MR) is 94.9 cm³/mol. The fourth-order valence-corrected chi connectivity index (χ4v) is 4.41. The van der Waals surface area contributed by atoms with Gasteiger partial charge in [0.1, 0.15) is 5.69 Å². The maximum atomic E-state index is 13.1. The van der Waals surface area contributed by atoms with Gasteiger partial charge in [0.15, 0.2) is 0 Å². The first-order chi connectivity index (χ1) is 13.0. The van der Waals surface area contributed by atoms with Crippen LogP contribution in [0.5, 0.6) is 5.88 Å². The second-order valence-corrected chi connectivity index (χ2v) is 6.86. The van der Waals surface area contributed by atoms with Crippen molar-refractivity contribution in [1.82, 2.24) is 14.0 Å². The Morgan fingerprint density at radius 2 is 1.81 bits per heavy atom. The minimum absolute atomic E-state index is 0.154. The number of aromatic hydroxyl groups is 1. The molecule has 8 heteroatoms. The van der Waals surface area contributed by atoms with Gasteiger partial charge >= 0.3 is 17.6 Å². The number of imidazole rings is 1. The first-order valence-electron chi connectivity index (χ1n) is 8.57. The lowest BCUT2D eigenvalue weighted by Crippen LogP contribution is -2.41. The normalized spacial score (nSPS) is 20.2. The smallest absolute Gasteiger partial charge is 0.394 e. The molecule has 5 rings (SSSR count). The minimum atomic E-state index is -1.54. The summed E-state index contributed by atoms with van der Waals surface area (Å²) in [6, 6.07) is 12.1. The van der Waals surface area contributed by atoms with Gasteiger partial charge in [0.25, 0.3) is 0 Å². The quantitative estimate of drug-likeness (QED) is 0.635. The number of hydrogen-bond donors (Lipinski definition) is 2. The van der Waals surface area contributed by atoms with E-state index < -0.39 is 17.9 Å². The Balaban J connectivity index is 1.71. The highest BCUT2D eigenvalue weighted by Crippen LogP contribution is 2.48. The highest BCUT2D eigenvalue weighted by Gasteiger charge is 2.50. The van der Waals surface area contributed by atoms with Crippen molar-refractivity contribution < 1.29 is 19.8 Å². The number of carboxylic acid groups (broad SMARTS) is 1. The number of amides is 1. The summed E-state index contributed by atoms with van der Waals surface area (Å²) in [5.41, 5.74) is 0.473. The van der Waals surface area contributed by atoms with Gasteiger partial charge in [-0.2, -0.15) is 0 Å². The molecule has 1 fully saturated rings. The molecule has 1 amide bonds. The third-order valence-corrected chi connectivity index (χ3v) is 5.51. The summed E-state index contributed by atoms with van der Waals surface area (Å²) in [5, 5.41) is 21.6. The van der Waals surface area contributed by atoms with Gasteiger partial charge in [-0.1, -0.05) is 36.4 Å². The summed E-state index contributed by atoms with van der Waals surface area (Å²) in [7, 11) is 0. The first kappa shape index (κ1) is 15.7. The molecule has 2 aromatic carbocycles. The van der Waals surface area contributed by atoms with Crippen LogP contribution in [-0.4, -0.2) is 42.7 Å². The van der Waals surface area contributed by atoms with Gasteiger partial charge in [0.2, 0.25) is 5.88 Å². The van der Waals surface area contributed by atoms with Crippen molar-refractivity contribution in [2.45, 2.75) is 18.5 Å². The van der Waals surface area contributed by atoms with Crippen molar-refractivity contribution in [3.05, 3.63) is 58.6 Å². The molecule has 8 nitrogen and oxygen atoms in total. The first-order valence-corrected chi connectivity index (χ1v) is 8.57. The van der Waals surface area contributed by atoms with Crippen molar-refractivity contribution in [3.8, 4) is 11.6 Å². The SMILES string of the molecule is O=C(O)C(=O)N1C[C@@H]2C[C@H]1c1c(O)n(-c3cccc4ccccc34)c(=O)n12. The van der Waals surface area contributed by atoms with E-state index >= 15 is 0 Å². The Morgan fingerprint density at radius 3 is 2.59 bits per heavy atom. The number of likely N-dealkylation sites (tertiary alicyclic amines) is 1. The Bertz CT molecular complexity index is 1190. The molecule has 2 bridgehead atoms. The molecular formula is C19H15N3O5. The van der Waals surface area contributed by atoms with Crippen LogP contribution in [0.4, 0.5) is 0 Å². The van der Waals surface area contributed by atoms with E-state index in [0.29, 0.717) is 17.8 Å². The Hall–Kier alpha value is -3.55. The van der Waals surface area contributed by atoms with Crippen LogP contribution >= 0.6 is 0 Å². The zero-order chi connectivity index (χ0) is 18.9. The summed E-state index contributed by atoms with van der Waals surface area (Å²) < 4.78 is 2.74. The largest absolute Gasteiger partial charge is 0.493 e. The fraction of sp³-hybridized carbons (Fsp3) is 0.211. The maximum absolute atomic E-state index is 13.1. The Morgan fingerprint density at radius 1 is 1.07 bits per heavy atom. The summed E-state index contributed by atoms with van der Waals surface area (Å²) in [4.78, 5) is 37.3. The lowest BCUT2D eigenvalue weighted by molar-refractivity contribution is -0.156. The van der Waals surface area contributed by atoms with Gasteiger partial charge in [-0.25, -0.2) is 14.2 Å². The van der Waals surface area contributed by atoms with Gasteiger partial charge in [-0.15, -0.1) is 0 Å². The fourth-order valence-electron chi connectivity index (χ4n) is 4.41. The Labute approximate surface area is 152 Å². The molecule has 3 aromatic rings. The monoisotopic (exact) mass is 365 g/mol. The molecule has 0 unspecified atom stereocenters. The number of carbonyl (C=O) groups is 2. The number of hydrogen-bond acceptors (Lipinski definition) is 4. The minimum Gasteiger partial charge on any atom is -0.493 e. The van der Waals surface area contributed by atoms with Crippen molar-refractivity contribution in [3.63, 3.8) is 0 Å². The summed E-state index contributed by atoms with van der Waals surface area (Å²) in [5.74, 6) is -2.80. The number of nitrogens with zero attached hydrogens (tertiary/aromatic N) is 3. The molecule has 27 heavy (non-hydrogen) atoms. The number of carbonyl (C=O) groups excluding carboxylic acids is 1. The lowest BCUT2D eigenvalue weighted by atomic mass is 10.1. The van der Waals surface area contributed by atoms with E-state index in [1.54, 1.807) is 12.1 Å². The van der Waals surface area contributed by atoms with Crippen LogP contribution < -0.4 is 5.69 Å². The molecule has 2 N–H and O–H groups in total. The topological polar surface area (TPSA) is 105 Å². The van der Waals surface area contributed by atoms with Crippen LogP contribution in [0.25, 0.3) is 16.5 Å². The van der Waals surface area contributed by atoms with E-state index in [-0.39, 0.29) is 24.2 Å². The third kappa shape index (κ3) is 1.95.